The Morgan fingerprint density at radius 2 is 0.534 bits per heavy atom. The third kappa shape index (κ3) is 4.95. The molecule has 0 aromatic heterocycles. The van der Waals surface area contributed by atoms with Gasteiger partial charge in [0.05, 0.1) is 0 Å². The number of benzene rings is 12. The van der Waals surface area contributed by atoms with Gasteiger partial charge in [0, 0.05) is 0 Å². The van der Waals surface area contributed by atoms with Gasteiger partial charge in [0.25, 0.3) is 0 Å². The van der Waals surface area contributed by atoms with Gasteiger partial charge in [-0.1, -0.05) is 212 Å². The van der Waals surface area contributed by atoms with Crippen LogP contribution in [0.1, 0.15) is 0 Å². The van der Waals surface area contributed by atoms with Crippen molar-refractivity contribution in [1.29, 1.82) is 0 Å². The molecule has 0 aliphatic rings. The van der Waals surface area contributed by atoms with Gasteiger partial charge in [0.2, 0.25) is 0 Å². The van der Waals surface area contributed by atoms with E-state index in [1.54, 1.807) is 0 Å². The molecule has 0 bridgehead atoms. The van der Waals surface area contributed by atoms with E-state index in [-0.39, 0.29) is 0 Å². The fourth-order valence-corrected chi connectivity index (χ4v) is 9.87. The molecule has 58 heavy (non-hydrogen) atoms. The lowest BCUT2D eigenvalue weighted by atomic mass is 9.85. The highest BCUT2D eigenvalue weighted by atomic mass is 14.2. The molecule has 0 atom stereocenters. The Balaban J connectivity index is 1.02. The molecule has 12 rings (SSSR count). The molecular formula is C58H36. The Bertz CT molecular complexity index is 3530. The van der Waals surface area contributed by atoms with Gasteiger partial charge >= 0.3 is 0 Å². The molecule has 0 spiro atoms. The first kappa shape index (κ1) is 32.7. The Kier molecular flexibility index (Phi) is 7.33. The van der Waals surface area contributed by atoms with E-state index in [2.05, 4.69) is 218 Å². The molecular weight excluding hydrogens is 697 g/mol. The maximum atomic E-state index is 2.44. The highest BCUT2D eigenvalue weighted by molar-refractivity contribution is 6.33. The smallest absolute Gasteiger partial charge is 0.00199 e. The summed E-state index contributed by atoms with van der Waals surface area (Å²) in [5, 5.41) is 18.0. The van der Waals surface area contributed by atoms with Crippen LogP contribution >= 0.6 is 0 Å². The molecule has 0 saturated carbocycles. The predicted molar refractivity (Wildman–Crippen MR) is 251 cm³/mol. The summed E-state index contributed by atoms with van der Waals surface area (Å²) >= 11 is 0. The van der Waals surface area contributed by atoms with Gasteiger partial charge in [-0.05, 0) is 126 Å². The molecule has 0 radical (unpaired) electrons. The van der Waals surface area contributed by atoms with Crippen LogP contribution in [-0.4, -0.2) is 0 Å². The van der Waals surface area contributed by atoms with Gasteiger partial charge < -0.3 is 0 Å². The second kappa shape index (κ2) is 13.0. The first-order valence-corrected chi connectivity index (χ1v) is 20.2. The zero-order valence-electron chi connectivity index (χ0n) is 31.8. The van der Waals surface area contributed by atoms with Crippen molar-refractivity contribution in [2.45, 2.75) is 0 Å². The summed E-state index contributed by atoms with van der Waals surface area (Å²) in [5.74, 6) is 0. The molecule has 0 unspecified atom stereocenters. The number of hydrogen-bond acceptors (Lipinski definition) is 0. The van der Waals surface area contributed by atoms with Crippen LogP contribution in [0.2, 0.25) is 0 Å². The van der Waals surface area contributed by atoms with E-state index < -0.39 is 0 Å². The maximum Gasteiger partial charge on any atom is -0.00199 e. The van der Waals surface area contributed by atoms with Crippen molar-refractivity contribution in [3.05, 3.63) is 218 Å². The fraction of sp³-hybridized carbons (Fsp3) is 0. The largest absolute Gasteiger partial charge is 0.0616 e. The van der Waals surface area contributed by atoms with Crippen LogP contribution in [0.5, 0.6) is 0 Å². The van der Waals surface area contributed by atoms with Crippen molar-refractivity contribution >= 4 is 75.4 Å². The third-order valence-electron chi connectivity index (χ3n) is 12.4. The molecule has 0 amide bonds. The van der Waals surface area contributed by atoms with Gasteiger partial charge in [-0.2, -0.15) is 0 Å². The lowest BCUT2D eigenvalue weighted by molar-refractivity contribution is 1.63. The van der Waals surface area contributed by atoms with E-state index in [1.165, 1.54) is 120 Å². The van der Waals surface area contributed by atoms with Crippen LogP contribution < -0.4 is 0 Å². The molecule has 0 heteroatoms. The van der Waals surface area contributed by atoms with E-state index in [1.807, 2.05) is 0 Å². The van der Waals surface area contributed by atoms with E-state index in [0.717, 1.165) is 0 Å². The SMILES string of the molecule is c1ccc2c(-c3ccc(-c4c5ccccc5c(-c5ccc(-c6cc7c8ccccc8c8ccccc8c7c7ccccc67)cc5)c5ccccc45)cc3)cccc2c1. The van der Waals surface area contributed by atoms with Crippen molar-refractivity contribution in [2.24, 2.45) is 0 Å². The van der Waals surface area contributed by atoms with Gasteiger partial charge in [-0.3, -0.25) is 0 Å². The second-order valence-corrected chi connectivity index (χ2v) is 15.5. The first-order chi connectivity index (χ1) is 28.8. The van der Waals surface area contributed by atoms with Crippen LogP contribution in [0.3, 0.4) is 0 Å². The van der Waals surface area contributed by atoms with Crippen molar-refractivity contribution in [1.82, 2.24) is 0 Å². The van der Waals surface area contributed by atoms with Gasteiger partial charge in [0.15, 0.2) is 0 Å². The minimum absolute atomic E-state index is 1.22. The fourth-order valence-electron chi connectivity index (χ4n) is 9.87. The van der Waals surface area contributed by atoms with Crippen LogP contribution in [0, 0.1) is 0 Å². The molecule has 0 nitrogen and oxygen atoms in total. The highest BCUT2D eigenvalue weighted by Gasteiger charge is 2.18. The van der Waals surface area contributed by atoms with Crippen molar-refractivity contribution < 1.29 is 0 Å². The average Bonchev–Trinajstić information content (AvgIpc) is 3.30. The summed E-state index contributed by atoms with van der Waals surface area (Å²) < 4.78 is 0. The minimum Gasteiger partial charge on any atom is -0.0616 e. The zero-order valence-corrected chi connectivity index (χ0v) is 31.8. The van der Waals surface area contributed by atoms with Crippen molar-refractivity contribution in [2.75, 3.05) is 0 Å². The standard InChI is InChI=1S/C58H36/c1-2-16-42-37(14-1)15-13-27-43(42)38-28-32-40(33-29-38)56-50-23-9-11-25-52(50)57(53-26-12-10-24-51(53)56)41-34-30-39(31-35-41)54-36-55-46-19-4-3-17-44(46)45-18-5-7-21-48(45)58(55)49-22-8-6-20-47(49)54/h1-36H. The highest BCUT2D eigenvalue weighted by Crippen LogP contribution is 2.46. The summed E-state index contributed by atoms with van der Waals surface area (Å²) in [6, 6.07) is 80.7. The molecule has 0 aliphatic carbocycles. The Morgan fingerprint density at radius 1 is 0.190 bits per heavy atom. The van der Waals surface area contributed by atoms with Gasteiger partial charge in [0.1, 0.15) is 0 Å². The summed E-state index contributed by atoms with van der Waals surface area (Å²) in [6.45, 7) is 0. The second-order valence-electron chi connectivity index (χ2n) is 15.5. The molecule has 268 valence electrons. The predicted octanol–water partition coefficient (Wildman–Crippen LogP) is 16.4. The van der Waals surface area contributed by atoms with Crippen LogP contribution in [0.4, 0.5) is 0 Å². The first-order valence-electron chi connectivity index (χ1n) is 20.2. The third-order valence-corrected chi connectivity index (χ3v) is 12.4. The molecule has 0 aliphatic heterocycles. The van der Waals surface area contributed by atoms with Crippen LogP contribution in [-0.2, 0) is 0 Å². The van der Waals surface area contributed by atoms with Crippen molar-refractivity contribution in [3.63, 3.8) is 0 Å². The average molecular weight is 733 g/mol. The number of rotatable bonds is 4. The number of fused-ring (bicyclic) bond motifs is 11. The monoisotopic (exact) mass is 732 g/mol. The molecule has 0 N–H and O–H groups in total. The lowest BCUT2D eigenvalue weighted by Gasteiger charge is -2.19. The van der Waals surface area contributed by atoms with Gasteiger partial charge in [-0.25, -0.2) is 0 Å². The zero-order chi connectivity index (χ0) is 38.2. The summed E-state index contributed by atoms with van der Waals surface area (Å²) in [6.07, 6.45) is 0. The van der Waals surface area contributed by atoms with Crippen molar-refractivity contribution in [3.8, 4) is 44.5 Å². The Labute approximate surface area is 336 Å². The quantitative estimate of drug-likeness (QED) is 0.125. The van der Waals surface area contributed by atoms with E-state index in [4.69, 9.17) is 0 Å². The lowest BCUT2D eigenvalue weighted by Crippen LogP contribution is -1.91. The van der Waals surface area contributed by atoms with E-state index in [9.17, 15) is 0 Å². The van der Waals surface area contributed by atoms with E-state index in [0.29, 0.717) is 0 Å². The Morgan fingerprint density at radius 3 is 1.07 bits per heavy atom. The molecule has 0 fully saturated rings. The normalized spacial score (nSPS) is 11.8. The van der Waals surface area contributed by atoms with E-state index >= 15 is 0 Å². The molecule has 0 heterocycles. The summed E-state index contributed by atoms with van der Waals surface area (Å²) in [5.41, 5.74) is 9.96. The molecule has 0 saturated heterocycles. The molecule has 12 aromatic rings. The van der Waals surface area contributed by atoms with Crippen LogP contribution in [0.15, 0.2) is 218 Å². The minimum atomic E-state index is 1.22. The maximum absolute atomic E-state index is 2.44. The summed E-state index contributed by atoms with van der Waals surface area (Å²) in [4.78, 5) is 0. The van der Waals surface area contributed by atoms with Crippen LogP contribution in [0.25, 0.3) is 120 Å². The molecule has 12 aromatic carbocycles. The Hall–Kier alpha value is -7.54. The summed E-state index contributed by atoms with van der Waals surface area (Å²) in [7, 11) is 0. The number of hydrogen-bond donors (Lipinski definition) is 0. The van der Waals surface area contributed by atoms with Gasteiger partial charge in [-0.15, -0.1) is 0 Å². The topological polar surface area (TPSA) is 0 Å².